The van der Waals surface area contributed by atoms with Gasteiger partial charge in [0.2, 0.25) is 0 Å². The molecule has 8 aliphatic carbocycles. The molecule has 8 aliphatic rings. The fourth-order valence-electron chi connectivity index (χ4n) is 17.7. The highest BCUT2D eigenvalue weighted by Crippen LogP contribution is 2.58. The molecule has 8 saturated carbocycles. The molecule has 0 amide bonds. The van der Waals surface area contributed by atoms with E-state index in [0.717, 1.165) is 232 Å². The SMILES string of the molecule is C=CCCCOC1CCC2CC(C(O)(C3CCC4CC(OCCCC=C)CCC4C3)C(O)C(O)C(O)(C3CCC4CC(OCCCC=C)CCC4C3)C3CCC4CC(OCCCC=C)CCC4C3)CCC2C1. The van der Waals surface area contributed by atoms with Gasteiger partial charge >= 0.3 is 0 Å². The highest BCUT2D eigenvalue weighted by Gasteiger charge is 2.62. The Labute approximate surface area is 439 Å². The van der Waals surface area contributed by atoms with Crippen molar-refractivity contribution in [2.75, 3.05) is 26.4 Å². The number of fused-ring (bicyclic) bond motifs is 4. The lowest BCUT2D eigenvalue weighted by Crippen LogP contribution is -2.69. The molecule has 8 heteroatoms. The van der Waals surface area contributed by atoms with E-state index in [1.807, 2.05) is 24.3 Å². The van der Waals surface area contributed by atoms with Gasteiger partial charge in [-0.05, 0) is 276 Å². The third-order valence-electron chi connectivity index (χ3n) is 21.7. The number of rotatable bonds is 27. The van der Waals surface area contributed by atoms with Crippen molar-refractivity contribution in [1.29, 1.82) is 0 Å². The number of unbranched alkanes of at least 4 members (excludes halogenated alkanes) is 4. The van der Waals surface area contributed by atoms with Crippen LogP contribution in [0.5, 0.6) is 0 Å². The maximum atomic E-state index is 14.1. The van der Waals surface area contributed by atoms with Crippen LogP contribution < -0.4 is 0 Å². The van der Waals surface area contributed by atoms with E-state index in [0.29, 0.717) is 71.8 Å². The van der Waals surface area contributed by atoms with Gasteiger partial charge in [0.05, 0.1) is 35.6 Å². The third-order valence-corrected chi connectivity index (χ3v) is 21.7. The largest absolute Gasteiger partial charge is 0.387 e. The lowest BCUT2D eigenvalue weighted by molar-refractivity contribution is -0.262. The molecular weight excluding hydrogens is 897 g/mol. The van der Waals surface area contributed by atoms with Crippen molar-refractivity contribution in [1.82, 2.24) is 0 Å². The van der Waals surface area contributed by atoms with Crippen molar-refractivity contribution in [3.05, 3.63) is 50.6 Å². The van der Waals surface area contributed by atoms with E-state index in [1.54, 1.807) is 0 Å². The van der Waals surface area contributed by atoms with E-state index in [2.05, 4.69) is 26.3 Å². The first kappa shape index (κ1) is 56.8. The molecule has 0 saturated heterocycles. The summed E-state index contributed by atoms with van der Waals surface area (Å²) in [5, 5.41) is 55.2. The van der Waals surface area contributed by atoms with Crippen molar-refractivity contribution in [2.45, 2.75) is 253 Å². The molecule has 4 N–H and O–H groups in total. The van der Waals surface area contributed by atoms with Crippen LogP contribution in [0, 0.1) is 71.0 Å². The quantitative estimate of drug-likeness (QED) is 0.0475. The van der Waals surface area contributed by atoms with Crippen LogP contribution in [0.2, 0.25) is 0 Å². The molecule has 8 fully saturated rings. The zero-order valence-corrected chi connectivity index (χ0v) is 45.4. The summed E-state index contributed by atoms with van der Waals surface area (Å²) < 4.78 is 25.7. The van der Waals surface area contributed by atoms with E-state index < -0.39 is 23.4 Å². The average Bonchev–Trinajstić information content (AvgIpc) is 3.41. The van der Waals surface area contributed by atoms with Crippen LogP contribution in [-0.2, 0) is 18.9 Å². The second-order valence-corrected chi connectivity index (χ2v) is 25.7. The summed E-state index contributed by atoms with van der Waals surface area (Å²) in [4.78, 5) is 0. The van der Waals surface area contributed by atoms with Crippen LogP contribution in [0.15, 0.2) is 50.6 Å². The van der Waals surface area contributed by atoms with Gasteiger partial charge in [0.25, 0.3) is 0 Å². The Bertz CT molecular complexity index is 1430. The Morgan fingerprint density at radius 3 is 0.764 bits per heavy atom. The molecule has 0 aromatic rings. The second-order valence-electron chi connectivity index (χ2n) is 25.7. The first-order valence-electron chi connectivity index (χ1n) is 30.8. The Hall–Kier alpha value is -1.36. The van der Waals surface area contributed by atoms with Crippen LogP contribution >= 0.6 is 0 Å². The van der Waals surface area contributed by atoms with E-state index in [4.69, 9.17) is 18.9 Å². The number of allylic oxidation sites excluding steroid dienone is 4. The van der Waals surface area contributed by atoms with Crippen LogP contribution in [-0.4, -0.2) is 94.7 Å². The van der Waals surface area contributed by atoms with Crippen LogP contribution in [0.1, 0.15) is 205 Å². The highest BCUT2D eigenvalue weighted by molar-refractivity contribution is 5.13. The van der Waals surface area contributed by atoms with Gasteiger partial charge < -0.3 is 39.4 Å². The molecule has 8 rings (SSSR count). The lowest BCUT2D eigenvalue weighted by atomic mass is 9.52. The maximum absolute atomic E-state index is 14.1. The highest BCUT2D eigenvalue weighted by atomic mass is 16.5. The number of ether oxygens (including phenoxy) is 4. The lowest BCUT2D eigenvalue weighted by Gasteiger charge is -2.58. The molecule has 0 spiro atoms. The fourth-order valence-corrected chi connectivity index (χ4v) is 17.7. The number of hydrogen-bond donors (Lipinski definition) is 4. The first-order valence-corrected chi connectivity index (χ1v) is 30.8. The molecule has 0 bridgehead atoms. The van der Waals surface area contributed by atoms with Gasteiger partial charge in [-0.1, -0.05) is 24.3 Å². The zero-order valence-electron chi connectivity index (χ0n) is 45.4. The predicted molar refractivity (Wildman–Crippen MR) is 291 cm³/mol. The second kappa shape index (κ2) is 27.8. The first-order chi connectivity index (χ1) is 35.1. The minimum atomic E-state index is -1.49. The summed E-state index contributed by atoms with van der Waals surface area (Å²) in [5.41, 5.74) is -2.98. The molecule has 0 heterocycles. The zero-order chi connectivity index (χ0) is 50.5. The van der Waals surface area contributed by atoms with E-state index in [9.17, 15) is 20.4 Å². The van der Waals surface area contributed by atoms with Crippen molar-refractivity contribution < 1.29 is 39.4 Å². The summed E-state index contributed by atoms with van der Waals surface area (Å²) in [5.74, 6) is 3.64. The maximum Gasteiger partial charge on any atom is 0.112 e. The van der Waals surface area contributed by atoms with Gasteiger partial charge in [-0.25, -0.2) is 0 Å². The predicted octanol–water partition coefficient (Wildman–Crippen LogP) is 13.4. The molecule has 8 nitrogen and oxygen atoms in total. The van der Waals surface area contributed by atoms with Crippen molar-refractivity contribution in [3.8, 4) is 0 Å². The molecule has 410 valence electrons. The van der Waals surface area contributed by atoms with Crippen molar-refractivity contribution in [2.24, 2.45) is 71.0 Å². The normalized spacial score (nSPS) is 39.6. The molecule has 18 unspecified atom stereocenters. The summed E-state index contributed by atoms with van der Waals surface area (Å²) >= 11 is 0. The number of aliphatic hydroxyl groups is 4. The Morgan fingerprint density at radius 1 is 0.333 bits per heavy atom. The number of hydrogen-bond acceptors (Lipinski definition) is 8. The van der Waals surface area contributed by atoms with E-state index >= 15 is 0 Å². The average molecular weight is 1000 g/mol. The van der Waals surface area contributed by atoms with Crippen LogP contribution in [0.25, 0.3) is 0 Å². The smallest absolute Gasteiger partial charge is 0.112 e. The molecule has 0 aromatic heterocycles. The van der Waals surface area contributed by atoms with Gasteiger partial charge in [0.1, 0.15) is 12.2 Å². The molecular formula is C64H106O8. The van der Waals surface area contributed by atoms with Gasteiger partial charge in [0.15, 0.2) is 0 Å². The van der Waals surface area contributed by atoms with Crippen LogP contribution in [0.3, 0.4) is 0 Å². The fraction of sp³-hybridized carbons (Fsp3) is 0.875. The summed E-state index contributed by atoms with van der Waals surface area (Å²) in [6.07, 6.45) is 38.2. The molecule has 0 aliphatic heterocycles. The monoisotopic (exact) mass is 1000 g/mol. The van der Waals surface area contributed by atoms with E-state index in [-0.39, 0.29) is 23.7 Å². The van der Waals surface area contributed by atoms with Gasteiger partial charge in [-0.2, -0.15) is 0 Å². The Kier molecular flexibility index (Phi) is 21.9. The minimum Gasteiger partial charge on any atom is -0.387 e. The molecule has 18 atom stereocenters. The topological polar surface area (TPSA) is 118 Å². The Morgan fingerprint density at radius 2 is 0.542 bits per heavy atom. The molecule has 0 radical (unpaired) electrons. The summed E-state index contributed by atoms with van der Waals surface area (Å²) in [7, 11) is 0. The molecule has 0 aromatic carbocycles. The van der Waals surface area contributed by atoms with Gasteiger partial charge in [-0.3, -0.25) is 0 Å². The van der Waals surface area contributed by atoms with Crippen molar-refractivity contribution in [3.63, 3.8) is 0 Å². The van der Waals surface area contributed by atoms with Crippen LogP contribution in [0.4, 0.5) is 0 Å². The Balaban J connectivity index is 1.03. The molecule has 72 heavy (non-hydrogen) atoms. The summed E-state index contributed by atoms with van der Waals surface area (Å²) in [6.45, 7) is 18.7. The van der Waals surface area contributed by atoms with E-state index in [1.165, 1.54) is 0 Å². The van der Waals surface area contributed by atoms with Gasteiger partial charge in [-0.15, -0.1) is 26.3 Å². The number of aliphatic hydroxyl groups excluding tert-OH is 2. The third kappa shape index (κ3) is 13.8. The minimum absolute atomic E-state index is 0.126. The summed E-state index contributed by atoms with van der Waals surface area (Å²) in [6, 6.07) is 0. The van der Waals surface area contributed by atoms with Gasteiger partial charge in [0, 0.05) is 26.4 Å². The standard InChI is InChI=1S/C64H106O8/c1-5-9-13-33-69-57-29-21-45-37-53(25-17-49(45)41-57)63(67,54-26-18-50-42-58(30-22-46(50)38-54)70-34-14-10-6-2)61(65)62(66)64(68,55-27-19-51-43-59(31-23-47(51)39-55)71-35-15-11-7-3)56-28-20-52-44-60(32-24-48(52)40-56)72-36-16-12-8-4/h5-8,45-62,65-68H,1-4,9-44H2. The van der Waals surface area contributed by atoms with Crippen molar-refractivity contribution >= 4 is 0 Å².